The van der Waals surface area contributed by atoms with E-state index < -0.39 is 0 Å². The lowest BCUT2D eigenvalue weighted by Crippen LogP contribution is -2.14. The van der Waals surface area contributed by atoms with Gasteiger partial charge in [0, 0.05) is 21.0 Å². The largest absolute Gasteiger partial charge is 0.462 e. The minimum atomic E-state index is -0.360. The lowest BCUT2D eigenvalue weighted by Gasteiger charge is -2.12. The maximum Gasteiger partial charge on any atom is 0.341 e. The van der Waals surface area contributed by atoms with E-state index in [2.05, 4.69) is 5.32 Å². The molecule has 1 aliphatic carbocycles. The zero-order valence-corrected chi connectivity index (χ0v) is 17.8. The highest BCUT2D eigenvalue weighted by atomic mass is 35.5. The Hall–Kier alpha value is -1.82. The molecule has 0 fully saturated rings. The molecule has 0 bridgehead atoms. The van der Waals surface area contributed by atoms with Gasteiger partial charge in [0.2, 0.25) is 5.91 Å². The number of halogens is 2. The summed E-state index contributed by atoms with van der Waals surface area (Å²) in [5.41, 5.74) is 2.23. The van der Waals surface area contributed by atoms with Crippen molar-refractivity contribution >= 4 is 57.5 Å². The van der Waals surface area contributed by atoms with Crippen LogP contribution in [0.1, 0.15) is 52.5 Å². The summed E-state index contributed by atoms with van der Waals surface area (Å²) in [5, 5.41) is 4.41. The number of ether oxygens (including phenoxy) is 1. The van der Waals surface area contributed by atoms with Crippen molar-refractivity contribution in [2.75, 3.05) is 11.9 Å². The smallest absolute Gasteiger partial charge is 0.341 e. The van der Waals surface area contributed by atoms with Crippen molar-refractivity contribution < 1.29 is 14.3 Å². The number of anilines is 1. The number of benzene rings is 1. The zero-order valence-electron chi connectivity index (χ0n) is 15.5. The van der Waals surface area contributed by atoms with Gasteiger partial charge in [0.1, 0.15) is 5.00 Å². The number of rotatable bonds is 6. The van der Waals surface area contributed by atoms with Gasteiger partial charge < -0.3 is 10.1 Å². The molecule has 1 heterocycles. The van der Waals surface area contributed by atoms with Gasteiger partial charge in [0.05, 0.1) is 12.2 Å². The average molecular weight is 438 g/mol. The molecule has 1 amide bonds. The van der Waals surface area contributed by atoms with Crippen LogP contribution in [-0.4, -0.2) is 18.5 Å². The molecule has 0 unspecified atom stereocenters. The van der Waals surface area contributed by atoms with Crippen LogP contribution in [0.5, 0.6) is 0 Å². The lowest BCUT2D eigenvalue weighted by atomic mass is 9.95. The number of aryl methyl sites for hydroxylation is 1. The number of fused-ring (bicyclic) bond motifs is 1. The van der Waals surface area contributed by atoms with Gasteiger partial charge in [-0.15, -0.1) is 11.3 Å². The number of carbonyl (C=O) groups excluding carboxylic acids is 2. The lowest BCUT2D eigenvalue weighted by molar-refractivity contribution is -0.111. The van der Waals surface area contributed by atoms with Crippen molar-refractivity contribution in [3.8, 4) is 0 Å². The first-order valence-corrected chi connectivity index (χ1v) is 10.8. The zero-order chi connectivity index (χ0) is 20.1. The van der Waals surface area contributed by atoms with Crippen molar-refractivity contribution in [1.82, 2.24) is 0 Å². The van der Waals surface area contributed by atoms with Crippen molar-refractivity contribution in [2.24, 2.45) is 0 Å². The van der Waals surface area contributed by atoms with Gasteiger partial charge in [-0.2, -0.15) is 0 Å². The second kappa shape index (κ2) is 9.59. The van der Waals surface area contributed by atoms with Crippen LogP contribution in [0.2, 0.25) is 10.0 Å². The molecule has 0 radical (unpaired) electrons. The third kappa shape index (κ3) is 4.96. The number of nitrogens with one attached hydrogen (secondary N) is 1. The van der Waals surface area contributed by atoms with Gasteiger partial charge in [-0.05, 0) is 61.4 Å². The molecule has 1 aromatic carbocycles. The summed E-state index contributed by atoms with van der Waals surface area (Å²) < 4.78 is 5.35. The number of carbonyl (C=O) groups is 2. The van der Waals surface area contributed by atoms with Crippen LogP contribution in [0.3, 0.4) is 0 Å². The first-order chi connectivity index (χ1) is 13.5. The number of thiophene rings is 1. The maximum absolute atomic E-state index is 12.6. The number of hydrogen-bond donors (Lipinski definition) is 1. The second-order valence-electron chi connectivity index (χ2n) is 6.54. The molecule has 0 saturated carbocycles. The van der Waals surface area contributed by atoms with Crippen LogP contribution in [-0.2, 0) is 22.4 Å². The Morgan fingerprint density at radius 1 is 1.25 bits per heavy atom. The van der Waals surface area contributed by atoms with Crippen molar-refractivity contribution in [3.63, 3.8) is 0 Å². The van der Waals surface area contributed by atoms with Crippen molar-refractivity contribution in [1.29, 1.82) is 0 Å². The van der Waals surface area contributed by atoms with E-state index in [1.807, 2.05) is 6.92 Å². The molecular formula is C21H21Cl2NO3S. The molecule has 0 spiro atoms. The summed E-state index contributed by atoms with van der Waals surface area (Å²) in [6, 6.07) is 5.07. The molecule has 1 aromatic heterocycles. The Morgan fingerprint density at radius 2 is 2.04 bits per heavy atom. The fraction of sp³-hybridized carbons (Fsp3) is 0.333. The highest BCUT2D eigenvalue weighted by molar-refractivity contribution is 7.17. The van der Waals surface area contributed by atoms with Crippen LogP contribution >= 0.6 is 34.5 Å². The Bertz CT molecular complexity index is 921. The van der Waals surface area contributed by atoms with E-state index in [1.54, 1.807) is 24.3 Å². The SMILES string of the molecule is CCCOC(=O)c1c(NC(=O)/C=C/c2ccc(Cl)cc2Cl)sc2c1CCCC2. The summed E-state index contributed by atoms with van der Waals surface area (Å²) in [7, 11) is 0. The summed E-state index contributed by atoms with van der Waals surface area (Å²) in [6.45, 7) is 2.32. The molecule has 1 N–H and O–H groups in total. The molecule has 4 nitrogen and oxygen atoms in total. The second-order valence-corrected chi connectivity index (χ2v) is 8.49. The van der Waals surface area contributed by atoms with Crippen molar-refractivity contribution in [3.05, 3.63) is 55.9 Å². The first kappa shape index (κ1) is 20.9. The normalized spacial score (nSPS) is 13.4. The Kier molecular flexibility index (Phi) is 7.16. The van der Waals surface area contributed by atoms with Gasteiger partial charge in [-0.3, -0.25) is 4.79 Å². The number of amides is 1. The van der Waals surface area contributed by atoms with Crippen molar-refractivity contribution in [2.45, 2.75) is 39.0 Å². The van der Waals surface area contributed by atoms with Gasteiger partial charge >= 0.3 is 5.97 Å². The van der Waals surface area contributed by atoms with Gasteiger partial charge in [0.25, 0.3) is 0 Å². The third-order valence-corrected chi connectivity index (χ3v) is 6.20. The fourth-order valence-electron chi connectivity index (χ4n) is 3.09. The molecule has 0 atom stereocenters. The van der Waals surface area contributed by atoms with Gasteiger partial charge in [0.15, 0.2) is 0 Å². The molecule has 28 heavy (non-hydrogen) atoms. The molecule has 0 saturated heterocycles. The Labute approximate surface area is 178 Å². The quantitative estimate of drug-likeness (QED) is 0.435. The van der Waals surface area contributed by atoms with Gasteiger partial charge in [-0.1, -0.05) is 36.2 Å². The Balaban J connectivity index is 1.80. The first-order valence-electron chi connectivity index (χ1n) is 9.25. The topological polar surface area (TPSA) is 55.4 Å². The van der Waals surface area contributed by atoms with Gasteiger partial charge in [-0.25, -0.2) is 4.79 Å². The summed E-state index contributed by atoms with van der Waals surface area (Å²) in [5.74, 6) is -0.685. The molecule has 1 aliphatic rings. The molecule has 148 valence electrons. The van der Waals surface area contributed by atoms with E-state index in [-0.39, 0.29) is 11.9 Å². The summed E-state index contributed by atoms with van der Waals surface area (Å²) in [6.07, 6.45) is 7.68. The standard InChI is InChI=1S/C21H21Cl2NO3S/c1-2-11-27-21(26)19-15-5-3-4-6-17(15)28-20(19)24-18(25)10-8-13-7-9-14(22)12-16(13)23/h7-10,12H,2-6,11H2,1H3,(H,24,25)/b10-8+. The van der Waals surface area contributed by atoms with Crippen LogP contribution in [0.4, 0.5) is 5.00 Å². The minimum Gasteiger partial charge on any atom is -0.462 e. The van der Waals surface area contributed by atoms with E-state index in [9.17, 15) is 9.59 Å². The molecule has 7 heteroatoms. The monoisotopic (exact) mass is 437 g/mol. The fourth-order valence-corrected chi connectivity index (χ4v) is 4.84. The average Bonchev–Trinajstić information content (AvgIpc) is 3.03. The van der Waals surface area contributed by atoms with E-state index in [0.717, 1.165) is 42.5 Å². The minimum absolute atomic E-state index is 0.325. The molecule has 2 aromatic rings. The van der Waals surface area contributed by atoms with Crippen LogP contribution in [0.15, 0.2) is 24.3 Å². The van der Waals surface area contributed by atoms with E-state index in [4.69, 9.17) is 27.9 Å². The van der Waals surface area contributed by atoms with E-state index in [0.29, 0.717) is 32.8 Å². The predicted octanol–water partition coefficient (Wildman–Crippen LogP) is 6.15. The highest BCUT2D eigenvalue weighted by Gasteiger charge is 2.27. The van der Waals surface area contributed by atoms with Crippen LogP contribution in [0, 0.1) is 0 Å². The number of esters is 1. The maximum atomic E-state index is 12.6. The highest BCUT2D eigenvalue weighted by Crippen LogP contribution is 2.38. The summed E-state index contributed by atoms with van der Waals surface area (Å²) in [4.78, 5) is 26.2. The van der Waals surface area contributed by atoms with E-state index >= 15 is 0 Å². The third-order valence-electron chi connectivity index (χ3n) is 4.43. The molecule has 3 rings (SSSR count). The Morgan fingerprint density at radius 3 is 2.79 bits per heavy atom. The molecular weight excluding hydrogens is 417 g/mol. The molecule has 0 aliphatic heterocycles. The van der Waals surface area contributed by atoms with E-state index in [1.165, 1.54) is 17.4 Å². The van der Waals surface area contributed by atoms with Crippen LogP contribution in [0.25, 0.3) is 6.08 Å². The number of hydrogen-bond acceptors (Lipinski definition) is 4. The predicted molar refractivity (Wildman–Crippen MR) is 116 cm³/mol. The van der Waals surface area contributed by atoms with Crippen LogP contribution < -0.4 is 5.32 Å². The summed E-state index contributed by atoms with van der Waals surface area (Å²) >= 11 is 13.5.